The summed E-state index contributed by atoms with van der Waals surface area (Å²) in [6.45, 7) is 3.98. The van der Waals surface area contributed by atoms with Gasteiger partial charge in [-0.25, -0.2) is 0 Å². The minimum Gasteiger partial charge on any atom is -0.469 e. The quantitative estimate of drug-likeness (QED) is 0.490. The SMILES string of the molecule is CCC(C)(N)C(=O)NCCCC(=O)OC. The molecule has 0 aromatic heterocycles. The second-order valence-corrected chi connectivity index (χ2v) is 3.71. The number of nitrogens with two attached hydrogens (primary N) is 1. The molecule has 0 saturated carbocycles. The zero-order valence-electron chi connectivity index (χ0n) is 9.63. The molecule has 0 heterocycles. The summed E-state index contributed by atoms with van der Waals surface area (Å²) in [6, 6.07) is 0. The molecule has 1 unspecified atom stereocenters. The molecule has 5 nitrogen and oxygen atoms in total. The van der Waals surface area contributed by atoms with Crippen molar-refractivity contribution in [3.63, 3.8) is 0 Å². The van der Waals surface area contributed by atoms with Crippen molar-refractivity contribution in [3.05, 3.63) is 0 Å². The van der Waals surface area contributed by atoms with Crippen molar-refractivity contribution in [2.45, 2.75) is 38.6 Å². The summed E-state index contributed by atoms with van der Waals surface area (Å²) in [5.41, 5.74) is 4.90. The molecule has 3 N–H and O–H groups in total. The van der Waals surface area contributed by atoms with Crippen molar-refractivity contribution >= 4 is 11.9 Å². The lowest BCUT2D eigenvalue weighted by atomic mass is 9.99. The van der Waals surface area contributed by atoms with E-state index in [2.05, 4.69) is 10.1 Å². The van der Waals surface area contributed by atoms with Gasteiger partial charge in [-0.05, 0) is 19.8 Å². The Morgan fingerprint density at radius 2 is 2.07 bits per heavy atom. The lowest BCUT2D eigenvalue weighted by Crippen LogP contribution is -2.51. The van der Waals surface area contributed by atoms with E-state index in [1.165, 1.54) is 7.11 Å². The van der Waals surface area contributed by atoms with E-state index in [-0.39, 0.29) is 11.9 Å². The van der Waals surface area contributed by atoms with Gasteiger partial charge in [0.2, 0.25) is 5.91 Å². The lowest BCUT2D eigenvalue weighted by Gasteiger charge is -2.21. The number of carbonyl (C=O) groups excluding carboxylic acids is 2. The van der Waals surface area contributed by atoms with E-state index in [0.29, 0.717) is 25.8 Å². The summed E-state index contributed by atoms with van der Waals surface area (Å²) < 4.78 is 4.47. The molecular weight excluding hydrogens is 196 g/mol. The highest BCUT2D eigenvalue weighted by Gasteiger charge is 2.25. The Labute approximate surface area is 90.4 Å². The first-order chi connectivity index (χ1) is 6.94. The van der Waals surface area contributed by atoms with Crippen LogP contribution in [0.2, 0.25) is 0 Å². The molecule has 1 atom stereocenters. The number of rotatable bonds is 6. The van der Waals surface area contributed by atoms with Crippen LogP contribution in [0.15, 0.2) is 0 Å². The first-order valence-corrected chi connectivity index (χ1v) is 5.08. The lowest BCUT2D eigenvalue weighted by molar-refractivity contribution is -0.140. The van der Waals surface area contributed by atoms with E-state index in [4.69, 9.17) is 5.73 Å². The van der Waals surface area contributed by atoms with Gasteiger partial charge in [0.15, 0.2) is 0 Å². The fourth-order valence-electron chi connectivity index (χ4n) is 0.899. The number of carbonyl (C=O) groups is 2. The molecule has 0 spiro atoms. The maximum Gasteiger partial charge on any atom is 0.305 e. The molecule has 0 aliphatic heterocycles. The van der Waals surface area contributed by atoms with Gasteiger partial charge in [0.05, 0.1) is 12.6 Å². The minimum atomic E-state index is -0.828. The van der Waals surface area contributed by atoms with Gasteiger partial charge < -0.3 is 15.8 Å². The Kier molecular flexibility index (Phi) is 5.93. The molecule has 1 amide bonds. The van der Waals surface area contributed by atoms with E-state index in [9.17, 15) is 9.59 Å². The van der Waals surface area contributed by atoms with Crippen LogP contribution in [-0.4, -0.2) is 31.1 Å². The summed E-state index contributed by atoms with van der Waals surface area (Å²) in [6.07, 6.45) is 1.46. The van der Waals surface area contributed by atoms with Crippen molar-refractivity contribution in [1.82, 2.24) is 5.32 Å². The first kappa shape index (κ1) is 13.9. The fraction of sp³-hybridized carbons (Fsp3) is 0.800. The average Bonchev–Trinajstić information content (AvgIpc) is 2.23. The Hall–Kier alpha value is -1.10. The molecule has 0 radical (unpaired) electrons. The third-order valence-corrected chi connectivity index (χ3v) is 2.32. The molecule has 5 heteroatoms. The number of nitrogens with one attached hydrogen (secondary N) is 1. The standard InChI is InChI=1S/C10H20N2O3/c1-4-10(2,11)9(14)12-7-5-6-8(13)15-3/h4-7,11H2,1-3H3,(H,12,14). The largest absolute Gasteiger partial charge is 0.469 e. The van der Waals surface area contributed by atoms with Gasteiger partial charge in [-0.1, -0.05) is 6.92 Å². The number of methoxy groups -OCH3 is 1. The van der Waals surface area contributed by atoms with Gasteiger partial charge in [-0.2, -0.15) is 0 Å². The normalized spacial score (nSPS) is 14.1. The van der Waals surface area contributed by atoms with Crippen molar-refractivity contribution in [1.29, 1.82) is 0 Å². The number of hydrogen-bond donors (Lipinski definition) is 2. The van der Waals surface area contributed by atoms with Gasteiger partial charge >= 0.3 is 5.97 Å². The van der Waals surface area contributed by atoms with Crippen LogP contribution in [0, 0.1) is 0 Å². The van der Waals surface area contributed by atoms with E-state index in [1.54, 1.807) is 6.92 Å². The summed E-state index contributed by atoms with van der Waals surface area (Å²) in [4.78, 5) is 22.2. The van der Waals surface area contributed by atoms with Crippen LogP contribution in [-0.2, 0) is 14.3 Å². The van der Waals surface area contributed by atoms with Crippen LogP contribution in [0.4, 0.5) is 0 Å². The van der Waals surface area contributed by atoms with Gasteiger partial charge in [-0.3, -0.25) is 9.59 Å². The van der Waals surface area contributed by atoms with E-state index in [0.717, 1.165) is 0 Å². The number of hydrogen-bond acceptors (Lipinski definition) is 4. The average molecular weight is 216 g/mol. The molecule has 0 bridgehead atoms. The van der Waals surface area contributed by atoms with Gasteiger partial charge in [0, 0.05) is 13.0 Å². The maximum absolute atomic E-state index is 11.5. The molecule has 0 rings (SSSR count). The van der Waals surface area contributed by atoms with E-state index < -0.39 is 5.54 Å². The second kappa shape index (κ2) is 6.40. The van der Waals surface area contributed by atoms with Gasteiger partial charge in [0.1, 0.15) is 0 Å². The summed E-state index contributed by atoms with van der Waals surface area (Å²) in [7, 11) is 1.34. The molecule has 0 aliphatic carbocycles. The third kappa shape index (κ3) is 5.37. The third-order valence-electron chi connectivity index (χ3n) is 2.32. The minimum absolute atomic E-state index is 0.185. The zero-order chi connectivity index (χ0) is 11.9. The summed E-state index contributed by atoms with van der Waals surface area (Å²) in [5, 5.41) is 2.68. The molecule has 88 valence electrons. The van der Waals surface area contributed by atoms with Crippen LogP contribution in [0.25, 0.3) is 0 Å². The van der Waals surface area contributed by atoms with Gasteiger partial charge in [-0.15, -0.1) is 0 Å². The highest BCUT2D eigenvalue weighted by molar-refractivity contribution is 5.85. The molecular formula is C10H20N2O3. The van der Waals surface area contributed by atoms with E-state index in [1.807, 2.05) is 6.92 Å². The Bertz CT molecular complexity index is 227. The van der Waals surface area contributed by atoms with E-state index >= 15 is 0 Å². The smallest absolute Gasteiger partial charge is 0.305 e. The van der Waals surface area contributed by atoms with Crippen LogP contribution >= 0.6 is 0 Å². The van der Waals surface area contributed by atoms with Crippen molar-refractivity contribution < 1.29 is 14.3 Å². The molecule has 0 aliphatic rings. The highest BCUT2D eigenvalue weighted by atomic mass is 16.5. The summed E-state index contributed by atoms with van der Waals surface area (Å²) in [5.74, 6) is -0.454. The highest BCUT2D eigenvalue weighted by Crippen LogP contribution is 2.04. The number of esters is 1. The monoisotopic (exact) mass is 216 g/mol. The molecule has 0 aromatic carbocycles. The topological polar surface area (TPSA) is 81.4 Å². The molecule has 0 saturated heterocycles. The Balaban J connectivity index is 3.69. The zero-order valence-corrected chi connectivity index (χ0v) is 9.63. The molecule has 0 aromatic rings. The van der Waals surface area contributed by atoms with Crippen molar-refractivity contribution in [3.8, 4) is 0 Å². The van der Waals surface area contributed by atoms with Crippen LogP contribution in [0.3, 0.4) is 0 Å². The van der Waals surface area contributed by atoms with Crippen LogP contribution < -0.4 is 11.1 Å². The van der Waals surface area contributed by atoms with Gasteiger partial charge in [0.25, 0.3) is 0 Å². The fourth-order valence-corrected chi connectivity index (χ4v) is 0.899. The van der Waals surface area contributed by atoms with Crippen molar-refractivity contribution in [2.24, 2.45) is 5.73 Å². The predicted octanol–water partition coefficient (Wildman–Crippen LogP) is 0.183. The second-order valence-electron chi connectivity index (χ2n) is 3.71. The van der Waals surface area contributed by atoms with Crippen LogP contribution in [0.5, 0.6) is 0 Å². The number of amides is 1. The van der Waals surface area contributed by atoms with Crippen LogP contribution in [0.1, 0.15) is 33.1 Å². The maximum atomic E-state index is 11.5. The number of ether oxygens (including phenoxy) is 1. The first-order valence-electron chi connectivity index (χ1n) is 5.08. The Morgan fingerprint density at radius 1 is 1.47 bits per heavy atom. The predicted molar refractivity (Wildman–Crippen MR) is 57.1 cm³/mol. The molecule has 15 heavy (non-hydrogen) atoms. The molecule has 0 fully saturated rings. The summed E-state index contributed by atoms with van der Waals surface area (Å²) >= 11 is 0. The Morgan fingerprint density at radius 3 is 2.53 bits per heavy atom. The van der Waals surface area contributed by atoms with Crippen molar-refractivity contribution in [2.75, 3.05) is 13.7 Å².